The van der Waals surface area contributed by atoms with E-state index in [4.69, 9.17) is 10.2 Å². The smallest absolute Gasteiger partial charge is 0.448 e. The van der Waals surface area contributed by atoms with E-state index in [0.29, 0.717) is 18.5 Å². The Balaban J connectivity index is 0.000000516. The Kier molecular flexibility index (Phi) is 8.70. The largest absolute Gasteiger partial charge is 0.505 e. The van der Waals surface area contributed by atoms with Crippen LogP contribution in [0.25, 0.3) is 0 Å². The molecule has 0 fully saturated rings. The first-order valence-electron chi connectivity index (χ1n) is 8.14. The van der Waals surface area contributed by atoms with Crippen LogP contribution in [0.3, 0.4) is 0 Å². The minimum atomic E-state index is -4.64. The van der Waals surface area contributed by atoms with Gasteiger partial charge in [0.1, 0.15) is 24.8 Å². The molecule has 0 saturated carbocycles. The van der Waals surface area contributed by atoms with Crippen molar-refractivity contribution in [3.63, 3.8) is 0 Å². The molecule has 1 amide bonds. The number of carboxylic acid groups (broad SMARTS) is 1. The number of nitrogens with zero attached hydrogens (tertiary/aromatic N) is 5. The second-order valence-electron chi connectivity index (χ2n) is 5.57. The molecule has 158 valence electrons. The summed E-state index contributed by atoms with van der Waals surface area (Å²) in [5, 5.41) is 26.9. The number of aliphatic carboxylic acids is 1. The summed E-state index contributed by atoms with van der Waals surface area (Å²) in [6.07, 6.45) is 0.399. The monoisotopic (exact) mass is 417 g/mol. The number of hydrogen-bond donors (Lipinski definition) is 3. The van der Waals surface area contributed by atoms with Crippen molar-refractivity contribution >= 4 is 11.9 Å². The topological polar surface area (TPSA) is 134 Å². The van der Waals surface area contributed by atoms with Crippen LogP contribution in [0.5, 0.6) is 0 Å². The lowest BCUT2D eigenvalue weighted by atomic mass is 10.3. The summed E-state index contributed by atoms with van der Waals surface area (Å²) in [6.45, 7) is 2.97. The molecule has 0 atom stereocenters. The van der Waals surface area contributed by atoms with Gasteiger partial charge in [0.25, 0.3) is 5.91 Å². The molecular weight excluding hydrogens is 397 g/mol. The zero-order valence-electron chi connectivity index (χ0n) is 15.4. The van der Waals surface area contributed by atoms with Crippen LogP contribution in [-0.2, 0) is 24.8 Å². The number of aliphatic hydroxyl groups excluding tert-OH is 1. The number of carboxylic acids is 1. The van der Waals surface area contributed by atoms with Crippen molar-refractivity contribution in [1.82, 2.24) is 25.2 Å². The normalized spacial score (nSPS) is 10.6. The number of aryl methyl sites for hydroxylation is 2. The second-order valence-corrected chi connectivity index (χ2v) is 5.57. The number of nitrogens with one attached hydrogen (secondary N) is 1. The molecule has 0 aliphatic carbocycles. The van der Waals surface area contributed by atoms with Gasteiger partial charge in [0.2, 0.25) is 0 Å². The van der Waals surface area contributed by atoms with Gasteiger partial charge in [0, 0.05) is 26.1 Å². The molecule has 2 aromatic heterocycles. The summed E-state index contributed by atoms with van der Waals surface area (Å²) in [5.74, 6) is -2.09. The summed E-state index contributed by atoms with van der Waals surface area (Å²) in [4.78, 5) is 26.5. The van der Waals surface area contributed by atoms with E-state index in [1.807, 2.05) is 0 Å². The molecule has 13 heteroatoms. The van der Waals surface area contributed by atoms with Crippen molar-refractivity contribution in [2.45, 2.75) is 25.6 Å². The summed E-state index contributed by atoms with van der Waals surface area (Å²) in [7, 11) is 1.79. The van der Waals surface area contributed by atoms with Crippen molar-refractivity contribution in [2.75, 3.05) is 6.54 Å². The third-order valence-electron chi connectivity index (χ3n) is 3.35. The molecule has 0 radical (unpaired) electrons. The Bertz CT molecular complexity index is 836. The molecule has 2 heterocycles. The quantitative estimate of drug-likeness (QED) is 0.443. The summed E-state index contributed by atoms with van der Waals surface area (Å²) >= 11 is 0. The highest BCUT2D eigenvalue weighted by atomic mass is 19.4. The van der Waals surface area contributed by atoms with Crippen LogP contribution in [0.15, 0.2) is 37.1 Å². The van der Waals surface area contributed by atoms with Crippen LogP contribution in [-0.4, -0.2) is 54.7 Å². The Morgan fingerprint density at radius 1 is 1.34 bits per heavy atom. The van der Waals surface area contributed by atoms with Gasteiger partial charge in [-0.1, -0.05) is 11.3 Å². The predicted octanol–water partition coefficient (Wildman–Crippen LogP) is 0.565. The molecule has 29 heavy (non-hydrogen) atoms. The van der Waals surface area contributed by atoms with E-state index < -0.39 is 17.9 Å². The fourth-order valence-corrected chi connectivity index (χ4v) is 1.80. The molecule has 2 rings (SSSR count). The lowest BCUT2D eigenvalue weighted by Gasteiger charge is -2.04. The molecule has 0 aromatic carbocycles. The van der Waals surface area contributed by atoms with Crippen LogP contribution in [0.1, 0.15) is 22.6 Å². The number of carbonyl (C=O) groups is 2. The van der Waals surface area contributed by atoms with Crippen molar-refractivity contribution in [2.24, 2.45) is 7.05 Å². The van der Waals surface area contributed by atoms with E-state index in [1.165, 1.54) is 17.2 Å². The van der Waals surface area contributed by atoms with Crippen molar-refractivity contribution in [3.8, 4) is 0 Å². The standard InChI is InChI=1S/C13H16N6O3.C3H3F3O/c1-18-11(15-9-17-18)2-5-14-13(22)10-3-6-19(16-8-10)7-4-12(20)21;1-2(7)3(4,5)6/h3,6,8-9H,2,4-5,7H2,1H3,(H-,14,20,21,22);7H,1H2/p+1. The van der Waals surface area contributed by atoms with Crippen LogP contribution < -0.4 is 10.00 Å². The first kappa shape index (κ1) is 23.5. The van der Waals surface area contributed by atoms with Crippen LogP contribution in [0.2, 0.25) is 0 Å². The minimum Gasteiger partial charge on any atom is -0.505 e. The average molecular weight is 417 g/mol. The number of rotatable bonds is 7. The van der Waals surface area contributed by atoms with Gasteiger partial charge in [-0.15, -0.1) is 0 Å². The number of halogens is 3. The van der Waals surface area contributed by atoms with Crippen molar-refractivity contribution < 1.29 is 37.7 Å². The van der Waals surface area contributed by atoms with Crippen LogP contribution >= 0.6 is 0 Å². The van der Waals surface area contributed by atoms with E-state index in [9.17, 15) is 22.8 Å². The maximum Gasteiger partial charge on any atom is 0.448 e. The van der Waals surface area contributed by atoms with Gasteiger partial charge >= 0.3 is 12.1 Å². The van der Waals surface area contributed by atoms with Gasteiger partial charge in [-0.2, -0.15) is 18.3 Å². The number of hydrogen-bond acceptors (Lipinski definition) is 6. The summed E-state index contributed by atoms with van der Waals surface area (Å²) in [5.41, 5.74) is 0.421. The van der Waals surface area contributed by atoms with Gasteiger partial charge in [-0.05, 0) is 5.10 Å². The molecule has 0 saturated heterocycles. The van der Waals surface area contributed by atoms with Crippen LogP contribution in [0, 0.1) is 0 Å². The number of aliphatic hydroxyl groups is 1. The Morgan fingerprint density at radius 2 is 2.00 bits per heavy atom. The highest BCUT2D eigenvalue weighted by Crippen LogP contribution is 2.20. The maximum absolute atomic E-state index is 11.9. The molecule has 10 nitrogen and oxygen atoms in total. The minimum absolute atomic E-state index is 0.0130. The van der Waals surface area contributed by atoms with Crippen molar-refractivity contribution in [1.29, 1.82) is 0 Å². The molecule has 2 aromatic rings. The van der Waals surface area contributed by atoms with Crippen molar-refractivity contribution in [3.05, 3.63) is 48.5 Å². The summed E-state index contributed by atoms with van der Waals surface area (Å²) < 4.78 is 35.6. The Labute approximate surface area is 163 Å². The maximum atomic E-state index is 11.9. The second kappa shape index (κ2) is 10.7. The molecular formula is C16H20F3N6O4+. The fraction of sp³-hybridized carbons (Fsp3) is 0.375. The molecule has 3 N–H and O–H groups in total. The number of amides is 1. The molecule has 0 bridgehead atoms. The van der Waals surface area contributed by atoms with E-state index in [2.05, 4.69) is 27.1 Å². The van der Waals surface area contributed by atoms with Gasteiger partial charge < -0.3 is 15.5 Å². The highest BCUT2D eigenvalue weighted by Gasteiger charge is 2.31. The first-order valence-corrected chi connectivity index (χ1v) is 8.14. The number of aromatic nitrogens is 5. The van der Waals surface area contributed by atoms with E-state index in [1.54, 1.807) is 24.0 Å². The van der Waals surface area contributed by atoms with E-state index >= 15 is 0 Å². The van der Waals surface area contributed by atoms with Gasteiger partial charge in [0.15, 0.2) is 18.5 Å². The molecule has 0 aliphatic rings. The highest BCUT2D eigenvalue weighted by molar-refractivity contribution is 5.93. The van der Waals surface area contributed by atoms with Gasteiger partial charge in [0.05, 0.1) is 5.56 Å². The van der Waals surface area contributed by atoms with Gasteiger partial charge in [-0.25, -0.2) is 4.98 Å². The van der Waals surface area contributed by atoms with Crippen LogP contribution in [0.4, 0.5) is 13.2 Å². The van der Waals surface area contributed by atoms with Gasteiger partial charge in [-0.3, -0.25) is 14.3 Å². The third kappa shape index (κ3) is 8.81. The summed E-state index contributed by atoms with van der Waals surface area (Å²) in [6, 6.07) is 1.60. The lowest BCUT2D eigenvalue weighted by Crippen LogP contribution is -2.39. The lowest BCUT2D eigenvalue weighted by molar-refractivity contribution is -0.753. The predicted molar refractivity (Wildman–Crippen MR) is 91.5 cm³/mol. The zero-order chi connectivity index (χ0) is 22.0. The Hall–Kier alpha value is -3.51. The molecule has 0 unspecified atom stereocenters. The number of carbonyl (C=O) groups excluding carboxylic acids is 1. The number of alkyl halides is 3. The van der Waals surface area contributed by atoms with E-state index in [-0.39, 0.29) is 18.9 Å². The molecule has 0 spiro atoms. The Morgan fingerprint density at radius 3 is 2.45 bits per heavy atom. The molecule has 0 aliphatic heterocycles. The van der Waals surface area contributed by atoms with E-state index in [0.717, 1.165) is 5.82 Å². The SMILES string of the molecule is C=C(O)C(F)(F)F.Cn1ncnc1CCNC(=O)c1cc[n+](CCC(=O)O)nc1. The number of allylic oxidation sites excluding steroid dienone is 1. The average Bonchev–Trinajstić information content (AvgIpc) is 3.05. The zero-order valence-corrected chi connectivity index (χ0v) is 15.4. The first-order chi connectivity index (χ1) is 13.5. The third-order valence-corrected chi connectivity index (χ3v) is 3.35. The fourth-order valence-electron chi connectivity index (χ4n) is 1.80.